The lowest BCUT2D eigenvalue weighted by Gasteiger charge is -2.30. The molecule has 2 heterocycles. The van der Waals surface area contributed by atoms with Gasteiger partial charge in [0.25, 0.3) is 5.91 Å². The maximum Gasteiger partial charge on any atom is 0.254 e. The fourth-order valence-corrected chi connectivity index (χ4v) is 2.70. The predicted molar refractivity (Wildman–Crippen MR) is 79.0 cm³/mol. The molecule has 2 rings (SSSR count). The molecule has 1 aromatic heterocycles. The third-order valence-corrected chi connectivity index (χ3v) is 3.99. The first kappa shape index (κ1) is 15.9. The molecular formula is C13H20N4O3S. The lowest BCUT2D eigenvalue weighted by molar-refractivity contribution is 0.0708. The Kier molecular flexibility index (Phi) is 4.92. The zero-order chi connectivity index (χ0) is 15.5. The molecule has 21 heavy (non-hydrogen) atoms. The van der Waals surface area contributed by atoms with Crippen molar-refractivity contribution in [2.75, 3.05) is 19.3 Å². The van der Waals surface area contributed by atoms with Gasteiger partial charge in [-0.3, -0.25) is 9.78 Å². The van der Waals surface area contributed by atoms with Crippen molar-refractivity contribution in [3.63, 3.8) is 0 Å². The molecule has 0 aromatic carbocycles. The van der Waals surface area contributed by atoms with Crippen molar-refractivity contribution in [3.8, 4) is 0 Å². The average molecular weight is 312 g/mol. The highest BCUT2D eigenvalue weighted by Gasteiger charge is 2.22. The number of hydrogen-bond acceptors (Lipinski definition) is 5. The van der Waals surface area contributed by atoms with Crippen molar-refractivity contribution < 1.29 is 13.2 Å². The van der Waals surface area contributed by atoms with Gasteiger partial charge in [0.1, 0.15) is 0 Å². The van der Waals surface area contributed by atoms with Gasteiger partial charge in [-0.05, 0) is 25.0 Å². The number of sulfonamides is 1. The average Bonchev–Trinajstić information content (AvgIpc) is 2.44. The fourth-order valence-electron chi connectivity index (χ4n) is 2.29. The number of carbonyl (C=O) groups is 1. The number of hydrogen-bond donors (Lipinski definition) is 2. The standard InChI is InChI=1S/C13H20N4O3S/c1-21(19,20)16-8-12-7-10(4-5-15-12)13(18)17-6-2-3-11(14)9-17/h4-5,7,11,16H,2-3,6,8-9,14H2,1H3. The molecule has 7 nitrogen and oxygen atoms in total. The molecule has 1 aliphatic heterocycles. The van der Waals surface area contributed by atoms with Crippen molar-refractivity contribution in [2.45, 2.75) is 25.4 Å². The topological polar surface area (TPSA) is 105 Å². The highest BCUT2D eigenvalue weighted by Crippen LogP contribution is 2.13. The van der Waals surface area contributed by atoms with Crippen LogP contribution in [0.15, 0.2) is 18.3 Å². The Morgan fingerprint density at radius 1 is 1.57 bits per heavy atom. The van der Waals surface area contributed by atoms with Gasteiger partial charge < -0.3 is 10.6 Å². The summed E-state index contributed by atoms with van der Waals surface area (Å²) in [4.78, 5) is 18.2. The number of aromatic nitrogens is 1. The van der Waals surface area contributed by atoms with Crippen molar-refractivity contribution in [3.05, 3.63) is 29.6 Å². The second-order valence-corrected chi connectivity index (χ2v) is 7.12. The van der Waals surface area contributed by atoms with Gasteiger partial charge in [-0.15, -0.1) is 0 Å². The maximum absolute atomic E-state index is 12.4. The molecule has 1 atom stereocenters. The zero-order valence-electron chi connectivity index (χ0n) is 11.9. The minimum Gasteiger partial charge on any atom is -0.337 e. The van der Waals surface area contributed by atoms with Crippen molar-refractivity contribution >= 4 is 15.9 Å². The van der Waals surface area contributed by atoms with E-state index in [-0.39, 0.29) is 18.5 Å². The highest BCUT2D eigenvalue weighted by atomic mass is 32.2. The minimum atomic E-state index is -3.29. The Hall–Kier alpha value is -1.51. The Morgan fingerprint density at radius 2 is 2.33 bits per heavy atom. The van der Waals surface area contributed by atoms with Crippen LogP contribution in [0.4, 0.5) is 0 Å². The summed E-state index contributed by atoms with van der Waals surface area (Å²) < 4.78 is 24.5. The van der Waals surface area contributed by atoms with Crippen molar-refractivity contribution in [1.82, 2.24) is 14.6 Å². The predicted octanol–water partition coefficient (Wildman–Crippen LogP) is -0.306. The third-order valence-electron chi connectivity index (χ3n) is 3.32. The summed E-state index contributed by atoms with van der Waals surface area (Å²) >= 11 is 0. The number of amides is 1. The first-order valence-corrected chi connectivity index (χ1v) is 8.69. The number of piperidine rings is 1. The molecular weight excluding hydrogens is 292 g/mol. The van der Waals surface area contributed by atoms with Gasteiger partial charge in [0, 0.05) is 30.9 Å². The third kappa shape index (κ3) is 4.76. The summed E-state index contributed by atoms with van der Waals surface area (Å²) in [5.74, 6) is -0.0897. The van der Waals surface area contributed by atoms with Crippen LogP contribution < -0.4 is 10.5 Å². The summed E-state index contributed by atoms with van der Waals surface area (Å²) in [5, 5.41) is 0. The summed E-state index contributed by atoms with van der Waals surface area (Å²) in [7, 11) is -3.29. The lowest BCUT2D eigenvalue weighted by Crippen LogP contribution is -2.45. The van der Waals surface area contributed by atoms with Crippen LogP contribution in [-0.4, -0.2) is 49.6 Å². The van der Waals surface area contributed by atoms with Crippen LogP contribution in [0, 0.1) is 0 Å². The molecule has 1 fully saturated rings. The molecule has 0 radical (unpaired) electrons. The number of rotatable bonds is 4. The first-order chi connectivity index (χ1) is 9.85. The lowest BCUT2D eigenvalue weighted by atomic mass is 10.1. The molecule has 1 aliphatic rings. The molecule has 116 valence electrons. The molecule has 8 heteroatoms. The summed E-state index contributed by atoms with van der Waals surface area (Å²) in [6.45, 7) is 1.32. The number of likely N-dealkylation sites (tertiary alicyclic amines) is 1. The molecule has 0 saturated carbocycles. The molecule has 3 N–H and O–H groups in total. The first-order valence-electron chi connectivity index (χ1n) is 6.79. The highest BCUT2D eigenvalue weighted by molar-refractivity contribution is 7.88. The second-order valence-electron chi connectivity index (χ2n) is 5.28. The molecule has 0 spiro atoms. The van der Waals surface area contributed by atoms with Crippen LogP contribution >= 0.6 is 0 Å². The van der Waals surface area contributed by atoms with E-state index in [0.29, 0.717) is 24.3 Å². The SMILES string of the molecule is CS(=O)(=O)NCc1cc(C(=O)N2CCCC(N)C2)ccn1. The fraction of sp³-hybridized carbons (Fsp3) is 0.538. The number of nitrogens with two attached hydrogens (primary N) is 1. The molecule has 1 amide bonds. The molecule has 1 saturated heterocycles. The van der Waals surface area contributed by atoms with E-state index in [1.807, 2.05) is 0 Å². The van der Waals surface area contributed by atoms with E-state index in [1.54, 1.807) is 17.0 Å². The second kappa shape index (κ2) is 6.50. The minimum absolute atomic E-state index is 0.0240. The van der Waals surface area contributed by atoms with Crippen LogP contribution in [0.25, 0.3) is 0 Å². The van der Waals surface area contributed by atoms with Crippen LogP contribution in [0.5, 0.6) is 0 Å². The van der Waals surface area contributed by atoms with E-state index in [0.717, 1.165) is 19.1 Å². The van der Waals surface area contributed by atoms with Gasteiger partial charge in [0.15, 0.2) is 0 Å². The molecule has 0 bridgehead atoms. The monoisotopic (exact) mass is 312 g/mol. The van der Waals surface area contributed by atoms with Gasteiger partial charge in [0.05, 0.1) is 18.5 Å². The van der Waals surface area contributed by atoms with E-state index in [4.69, 9.17) is 5.73 Å². The van der Waals surface area contributed by atoms with Gasteiger partial charge >= 0.3 is 0 Å². The quantitative estimate of drug-likeness (QED) is 0.793. The number of pyridine rings is 1. The van der Waals surface area contributed by atoms with E-state index in [9.17, 15) is 13.2 Å². The van der Waals surface area contributed by atoms with Crippen LogP contribution in [0.2, 0.25) is 0 Å². The molecule has 1 unspecified atom stereocenters. The Morgan fingerprint density at radius 3 is 3.00 bits per heavy atom. The summed E-state index contributed by atoms with van der Waals surface area (Å²) in [6, 6.07) is 3.27. The Balaban J connectivity index is 2.07. The van der Waals surface area contributed by atoms with Crippen LogP contribution in [-0.2, 0) is 16.6 Å². The molecule has 0 aliphatic carbocycles. The normalized spacial score (nSPS) is 19.5. The smallest absolute Gasteiger partial charge is 0.254 e. The van der Waals surface area contributed by atoms with Gasteiger partial charge in [-0.25, -0.2) is 13.1 Å². The number of carbonyl (C=O) groups excluding carboxylic acids is 1. The Labute approximate surface area is 124 Å². The summed E-state index contributed by atoms with van der Waals surface area (Å²) in [6.07, 6.45) is 4.43. The van der Waals surface area contributed by atoms with Gasteiger partial charge in [-0.2, -0.15) is 0 Å². The van der Waals surface area contributed by atoms with E-state index in [2.05, 4.69) is 9.71 Å². The van der Waals surface area contributed by atoms with Crippen molar-refractivity contribution in [2.24, 2.45) is 5.73 Å². The van der Waals surface area contributed by atoms with Gasteiger partial charge in [-0.1, -0.05) is 0 Å². The Bertz CT molecular complexity index is 618. The zero-order valence-corrected chi connectivity index (χ0v) is 12.8. The van der Waals surface area contributed by atoms with Crippen LogP contribution in [0.3, 0.4) is 0 Å². The van der Waals surface area contributed by atoms with Gasteiger partial charge in [0.2, 0.25) is 10.0 Å². The largest absolute Gasteiger partial charge is 0.337 e. The molecule has 1 aromatic rings. The van der Waals surface area contributed by atoms with E-state index < -0.39 is 10.0 Å². The van der Waals surface area contributed by atoms with E-state index in [1.165, 1.54) is 6.20 Å². The summed E-state index contributed by atoms with van der Waals surface area (Å²) in [5.41, 5.74) is 6.89. The van der Waals surface area contributed by atoms with E-state index >= 15 is 0 Å². The van der Waals surface area contributed by atoms with Crippen molar-refractivity contribution in [1.29, 1.82) is 0 Å². The number of nitrogens with one attached hydrogen (secondary N) is 1. The van der Waals surface area contributed by atoms with Crippen LogP contribution in [0.1, 0.15) is 28.9 Å². The number of nitrogens with zero attached hydrogens (tertiary/aromatic N) is 2. The maximum atomic E-state index is 12.4.